The average molecular weight is 362 g/mol. The van der Waals surface area contributed by atoms with Gasteiger partial charge >= 0.3 is 5.97 Å². The minimum absolute atomic E-state index is 0.0332. The fourth-order valence-corrected chi connectivity index (χ4v) is 3.48. The Kier molecular flexibility index (Phi) is 4.50. The van der Waals surface area contributed by atoms with E-state index in [9.17, 15) is 18.3 Å². The lowest BCUT2D eigenvalue weighted by Gasteiger charge is -2.11. The molecule has 0 atom stereocenters. The highest BCUT2D eigenvalue weighted by molar-refractivity contribution is 7.92. The Morgan fingerprint density at radius 3 is 2.41 bits per heavy atom. The third-order valence-corrected chi connectivity index (χ3v) is 4.76. The lowest BCUT2D eigenvalue weighted by atomic mass is 10.2. The summed E-state index contributed by atoms with van der Waals surface area (Å²) in [5, 5.41) is 18.5. The zero-order valence-electron chi connectivity index (χ0n) is 10.7. The molecule has 22 heavy (non-hydrogen) atoms. The van der Waals surface area contributed by atoms with Crippen LogP contribution in [-0.4, -0.2) is 24.6 Å². The number of hydrogen-bond acceptors (Lipinski definition) is 4. The van der Waals surface area contributed by atoms with Gasteiger partial charge in [-0.1, -0.05) is 23.2 Å². The molecule has 0 amide bonds. The molecule has 116 valence electrons. The zero-order chi connectivity index (χ0) is 16.5. The summed E-state index contributed by atoms with van der Waals surface area (Å²) in [5.41, 5.74) is -0.469. The molecule has 0 unspecified atom stereocenters. The van der Waals surface area contributed by atoms with Gasteiger partial charge in [-0.15, -0.1) is 0 Å². The van der Waals surface area contributed by atoms with Crippen LogP contribution in [0.1, 0.15) is 10.4 Å². The fourth-order valence-electron chi connectivity index (χ4n) is 1.66. The summed E-state index contributed by atoms with van der Waals surface area (Å²) in [5.74, 6) is -1.87. The molecule has 0 radical (unpaired) electrons. The van der Waals surface area contributed by atoms with Gasteiger partial charge in [0.1, 0.15) is 16.2 Å². The molecule has 3 N–H and O–H groups in total. The minimum atomic E-state index is -4.06. The summed E-state index contributed by atoms with van der Waals surface area (Å²) in [6, 6.07) is 7.22. The van der Waals surface area contributed by atoms with Crippen LogP contribution in [0.2, 0.25) is 10.0 Å². The number of nitrogens with one attached hydrogen (secondary N) is 1. The Hall–Kier alpha value is -1.96. The SMILES string of the molecule is O=C(O)c1cc(NS(=O)(=O)c2cc(Cl)ccc2Cl)ccc1O. The van der Waals surface area contributed by atoms with Gasteiger partial charge in [0, 0.05) is 10.7 Å². The molecule has 2 rings (SSSR count). The number of rotatable bonds is 4. The van der Waals surface area contributed by atoms with E-state index >= 15 is 0 Å². The van der Waals surface area contributed by atoms with Gasteiger partial charge in [-0.3, -0.25) is 4.72 Å². The van der Waals surface area contributed by atoms with Crippen LogP contribution in [0.3, 0.4) is 0 Å². The van der Waals surface area contributed by atoms with Crippen molar-refractivity contribution in [2.45, 2.75) is 4.90 Å². The topological polar surface area (TPSA) is 104 Å². The Morgan fingerprint density at radius 1 is 1.09 bits per heavy atom. The molecule has 0 aliphatic carbocycles. The molecule has 0 aliphatic heterocycles. The maximum Gasteiger partial charge on any atom is 0.339 e. The second-order valence-electron chi connectivity index (χ2n) is 4.22. The summed E-state index contributed by atoms with van der Waals surface area (Å²) in [4.78, 5) is 10.7. The maximum absolute atomic E-state index is 12.3. The molecule has 6 nitrogen and oxygen atoms in total. The second-order valence-corrected chi connectivity index (χ2v) is 6.71. The summed E-state index contributed by atoms with van der Waals surface area (Å²) in [6.07, 6.45) is 0. The van der Waals surface area contributed by atoms with Crippen LogP contribution >= 0.6 is 23.2 Å². The molecular formula is C13H9Cl2NO5S. The van der Waals surface area contributed by atoms with E-state index in [0.717, 1.165) is 12.1 Å². The number of aromatic hydroxyl groups is 1. The largest absolute Gasteiger partial charge is 0.507 e. The van der Waals surface area contributed by atoms with Gasteiger partial charge in [-0.25, -0.2) is 13.2 Å². The molecule has 0 aliphatic rings. The first kappa shape index (κ1) is 16.4. The highest BCUT2D eigenvalue weighted by atomic mass is 35.5. The highest BCUT2D eigenvalue weighted by Crippen LogP contribution is 2.28. The molecule has 0 bridgehead atoms. The molecule has 9 heteroatoms. The summed E-state index contributed by atoms with van der Waals surface area (Å²) < 4.78 is 26.7. The van der Waals surface area contributed by atoms with Crippen molar-refractivity contribution >= 4 is 44.9 Å². The lowest BCUT2D eigenvalue weighted by molar-refractivity contribution is 0.0694. The first-order valence-corrected chi connectivity index (χ1v) is 7.99. The van der Waals surface area contributed by atoms with Gasteiger partial charge in [0.15, 0.2) is 0 Å². The van der Waals surface area contributed by atoms with E-state index in [2.05, 4.69) is 4.72 Å². The number of carbonyl (C=O) groups is 1. The smallest absolute Gasteiger partial charge is 0.339 e. The molecule has 0 aromatic heterocycles. The molecule has 2 aromatic carbocycles. The van der Waals surface area contributed by atoms with Crippen molar-refractivity contribution in [3.8, 4) is 5.75 Å². The lowest BCUT2D eigenvalue weighted by Crippen LogP contribution is -2.14. The van der Waals surface area contributed by atoms with Crippen LogP contribution < -0.4 is 4.72 Å². The second kappa shape index (κ2) is 6.04. The summed E-state index contributed by atoms with van der Waals surface area (Å²) in [7, 11) is -4.06. The zero-order valence-corrected chi connectivity index (χ0v) is 13.1. The fraction of sp³-hybridized carbons (Fsp3) is 0. The summed E-state index contributed by atoms with van der Waals surface area (Å²) >= 11 is 11.6. The first-order chi connectivity index (χ1) is 10.2. The number of anilines is 1. The Labute approximate surface area is 136 Å². The van der Waals surface area contributed by atoms with E-state index in [1.807, 2.05) is 0 Å². The molecule has 0 fully saturated rings. The minimum Gasteiger partial charge on any atom is -0.507 e. The number of aromatic carboxylic acids is 1. The Balaban J connectivity index is 2.43. The normalized spacial score (nSPS) is 11.2. The van der Waals surface area contributed by atoms with Crippen molar-refractivity contribution in [2.24, 2.45) is 0 Å². The van der Waals surface area contributed by atoms with Gasteiger partial charge in [-0.05, 0) is 36.4 Å². The van der Waals surface area contributed by atoms with E-state index in [1.165, 1.54) is 24.3 Å². The van der Waals surface area contributed by atoms with Gasteiger partial charge in [-0.2, -0.15) is 0 Å². The van der Waals surface area contributed by atoms with Gasteiger partial charge in [0.25, 0.3) is 10.0 Å². The quantitative estimate of drug-likeness (QED) is 0.725. The van der Waals surface area contributed by atoms with Crippen molar-refractivity contribution in [3.63, 3.8) is 0 Å². The van der Waals surface area contributed by atoms with E-state index in [-0.39, 0.29) is 20.6 Å². The molecule has 2 aromatic rings. The van der Waals surface area contributed by atoms with Gasteiger partial charge in [0.05, 0.1) is 5.02 Å². The molecule has 0 heterocycles. The number of carboxylic acid groups (broad SMARTS) is 1. The predicted molar refractivity (Wildman–Crippen MR) is 82.3 cm³/mol. The number of hydrogen-bond donors (Lipinski definition) is 3. The van der Waals surface area contributed by atoms with Crippen molar-refractivity contribution in [1.82, 2.24) is 0 Å². The van der Waals surface area contributed by atoms with Crippen molar-refractivity contribution in [3.05, 3.63) is 52.0 Å². The maximum atomic E-state index is 12.3. The van der Waals surface area contributed by atoms with Crippen molar-refractivity contribution in [1.29, 1.82) is 0 Å². The third kappa shape index (κ3) is 3.44. The van der Waals surface area contributed by atoms with Gasteiger partial charge < -0.3 is 10.2 Å². The average Bonchev–Trinajstić information content (AvgIpc) is 2.43. The van der Waals surface area contributed by atoms with Crippen LogP contribution in [0.4, 0.5) is 5.69 Å². The highest BCUT2D eigenvalue weighted by Gasteiger charge is 2.20. The monoisotopic (exact) mass is 361 g/mol. The van der Waals surface area contributed by atoms with Crippen LogP contribution in [0.5, 0.6) is 5.75 Å². The summed E-state index contributed by atoms with van der Waals surface area (Å²) in [6.45, 7) is 0. The van der Waals surface area contributed by atoms with E-state index in [4.69, 9.17) is 28.3 Å². The van der Waals surface area contributed by atoms with Crippen molar-refractivity contribution < 1.29 is 23.4 Å². The van der Waals surface area contributed by atoms with E-state index in [1.54, 1.807) is 0 Å². The number of carboxylic acids is 1. The Morgan fingerprint density at radius 2 is 1.77 bits per heavy atom. The third-order valence-electron chi connectivity index (χ3n) is 2.66. The van der Waals surface area contributed by atoms with Crippen LogP contribution in [-0.2, 0) is 10.0 Å². The Bertz CT molecular complexity index is 852. The predicted octanol–water partition coefficient (Wildman–Crippen LogP) is 3.20. The molecule has 0 saturated carbocycles. The number of phenols is 1. The number of sulfonamides is 1. The first-order valence-electron chi connectivity index (χ1n) is 5.75. The van der Waals surface area contributed by atoms with Crippen LogP contribution in [0.25, 0.3) is 0 Å². The molecular weight excluding hydrogens is 353 g/mol. The van der Waals surface area contributed by atoms with E-state index < -0.39 is 27.3 Å². The van der Waals surface area contributed by atoms with E-state index in [0.29, 0.717) is 0 Å². The van der Waals surface area contributed by atoms with Crippen molar-refractivity contribution in [2.75, 3.05) is 4.72 Å². The molecule has 0 saturated heterocycles. The van der Waals surface area contributed by atoms with Gasteiger partial charge in [0.2, 0.25) is 0 Å². The van der Waals surface area contributed by atoms with Crippen LogP contribution in [0, 0.1) is 0 Å². The molecule has 0 spiro atoms. The number of benzene rings is 2. The standard InChI is InChI=1S/C13H9Cl2NO5S/c14-7-1-3-10(15)12(5-7)22(20,21)16-8-2-4-11(17)9(6-8)13(18)19/h1-6,16-17H,(H,18,19). The van der Waals surface area contributed by atoms with Crippen LogP contribution in [0.15, 0.2) is 41.3 Å². The number of halogens is 2.